The van der Waals surface area contributed by atoms with Crippen molar-refractivity contribution in [3.63, 3.8) is 0 Å². The number of hydrogen-bond acceptors (Lipinski definition) is 4. The summed E-state index contributed by atoms with van der Waals surface area (Å²) in [4.78, 5) is 23.1. The Balaban J connectivity index is 2.53. The van der Waals surface area contributed by atoms with Gasteiger partial charge in [-0.05, 0) is 25.0 Å². The van der Waals surface area contributed by atoms with Gasteiger partial charge in [-0.3, -0.25) is 9.59 Å². The molecule has 0 unspecified atom stereocenters. The van der Waals surface area contributed by atoms with Gasteiger partial charge < -0.3 is 14.8 Å². The first kappa shape index (κ1) is 16.2. The number of carbonyl (C=O) groups is 2. The zero-order chi connectivity index (χ0) is 14.8. The van der Waals surface area contributed by atoms with E-state index in [4.69, 9.17) is 4.74 Å². The minimum absolute atomic E-state index is 0.0815. The van der Waals surface area contributed by atoms with E-state index < -0.39 is 0 Å². The summed E-state index contributed by atoms with van der Waals surface area (Å²) in [7, 11) is 1.34. The van der Waals surface area contributed by atoms with Gasteiger partial charge in [-0.2, -0.15) is 0 Å². The molecule has 1 aromatic carbocycles. The molecule has 5 heteroatoms. The van der Waals surface area contributed by atoms with Gasteiger partial charge in [0, 0.05) is 25.3 Å². The third-order valence-corrected chi connectivity index (χ3v) is 2.75. The van der Waals surface area contributed by atoms with Crippen LogP contribution < -0.4 is 5.32 Å². The van der Waals surface area contributed by atoms with E-state index in [9.17, 15) is 9.59 Å². The van der Waals surface area contributed by atoms with E-state index in [0.717, 1.165) is 5.56 Å². The van der Waals surface area contributed by atoms with Crippen molar-refractivity contribution in [3.05, 3.63) is 29.8 Å². The maximum absolute atomic E-state index is 11.8. The van der Waals surface area contributed by atoms with Crippen LogP contribution in [0.15, 0.2) is 24.3 Å². The van der Waals surface area contributed by atoms with E-state index in [1.165, 1.54) is 7.11 Å². The lowest BCUT2D eigenvalue weighted by atomic mass is 10.1. The van der Waals surface area contributed by atoms with E-state index in [1.54, 1.807) is 12.1 Å². The standard InChI is InChI=1S/C15H21NO4/c1-3-20-10-6-9-14(17)16-13-8-5-4-7-12(13)11-15(18)19-2/h4-5,7-8H,3,6,9-11H2,1-2H3,(H,16,17). The third kappa shape index (κ3) is 5.84. The van der Waals surface area contributed by atoms with E-state index in [-0.39, 0.29) is 18.3 Å². The number of rotatable bonds is 8. The van der Waals surface area contributed by atoms with Gasteiger partial charge in [0.05, 0.1) is 13.5 Å². The summed E-state index contributed by atoms with van der Waals surface area (Å²) in [5.74, 6) is -0.412. The number of benzene rings is 1. The molecule has 0 aliphatic rings. The minimum Gasteiger partial charge on any atom is -0.469 e. The number of carbonyl (C=O) groups excluding carboxylic acids is 2. The van der Waals surface area contributed by atoms with Gasteiger partial charge in [-0.1, -0.05) is 18.2 Å². The number of methoxy groups -OCH3 is 1. The van der Waals surface area contributed by atoms with Gasteiger partial charge in [0.25, 0.3) is 0 Å². The molecule has 0 heterocycles. The van der Waals surface area contributed by atoms with Crippen LogP contribution >= 0.6 is 0 Å². The van der Waals surface area contributed by atoms with Crippen molar-refractivity contribution in [2.24, 2.45) is 0 Å². The molecule has 0 bridgehead atoms. The molecule has 5 nitrogen and oxygen atoms in total. The summed E-state index contributed by atoms with van der Waals surface area (Å²) in [6, 6.07) is 7.21. The fourth-order valence-electron chi connectivity index (χ4n) is 1.72. The Kier molecular flexibility index (Phi) is 7.35. The average Bonchev–Trinajstić information content (AvgIpc) is 2.45. The van der Waals surface area contributed by atoms with Crippen LogP contribution in [0.25, 0.3) is 0 Å². The lowest BCUT2D eigenvalue weighted by Gasteiger charge is -2.10. The second-order valence-corrected chi connectivity index (χ2v) is 4.26. The molecule has 0 saturated carbocycles. The molecule has 0 spiro atoms. The topological polar surface area (TPSA) is 64.6 Å². The van der Waals surface area contributed by atoms with Gasteiger partial charge in [0.15, 0.2) is 0 Å². The summed E-state index contributed by atoms with van der Waals surface area (Å²) in [5.41, 5.74) is 1.40. The van der Waals surface area contributed by atoms with Crippen LogP contribution in [0.1, 0.15) is 25.3 Å². The van der Waals surface area contributed by atoms with E-state index in [0.29, 0.717) is 31.7 Å². The molecule has 1 aromatic rings. The number of ether oxygens (including phenoxy) is 2. The SMILES string of the molecule is CCOCCCC(=O)Nc1ccccc1CC(=O)OC. The highest BCUT2D eigenvalue weighted by molar-refractivity contribution is 5.92. The van der Waals surface area contributed by atoms with Gasteiger partial charge in [0.2, 0.25) is 5.91 Å². The second kappa shape index (κ2) is 9.09. The molecule has 110 valence electrons. The maximum atomic E-state index is 11.8. The molecule has 0 saturated heterocycles. The molecule has 0 radical (unpaired) electrons. The van der Waals surface area contributed by atoms with Crippen molar-refractivity contribution in [2.75, 3.05) is 25.6 Å². The zero-order valence-corrected chi connectivity index (χ0v) is 12.0. The first-order valence-electron chi connectivity index (χ1n) is 6.69. The van der Waals surface area contributed by atoms with Crippen molar-refractivity contribution < 1.29 is 19.1 Å². The van der Waals surface area contributed by atoms with Crippen molar-refractivity contribution in [1.29, 1.82) is 0 Å². The molecular formula is C15H21NO4. The number of nitrogens with one attached hydrogen (secondary N) is 1. The Morgan fingerprint density at radius 3 is 2.70 bits per heavy atom. The van der Waals surface area contributed by atoms with Crippen molar-refractivity contribution in [2.45, 2.75) is 26.2 Å². The van der Waals surface area contributed by atoms with Crippen molar-refractivity contribution >= 4 is 17.6 Å². The highest BCUT2D eigenvalue weighted by Crippen LogP contribution is 2.16. The lowest BCUT2D eigenvalue weighted by Crippen LogP contribution is -2.15. The summed E-state index contributed by atoms with van der Waals surface area (Å²) < 4.78 is 9.82. The first-order valence-corrected chi connectivity index (χ1v) is 6.69. The number of amides is 1. The molecule has 1 N–H and O–H groups in total. The van der Waals surface area contributed by atoms with Crippen LogP contribution in [0.5, 0.6) is 0 Å². The Morgan fingerprint density at radius 2 is 2.00 bits per heavy atom. The molecule has 0 aliphatic carbocycles. The Hall–Kier alpha value is -1.88. The van der Waals surface area contributed by atoms with Gasteiger partial charge in [-0.25, -0.2) is 0 Å². The monoisotopic (exact) mass is 279 g/mol. The molecule has 0 aliphatic heterocycles. The van der Waals surface area contributed by atoms with Gasteiger partial charge in [-0.15, -0.1) is 0 Å². The number of esters is 1. The Morgan fingerprint density at radius 1 is 1.25 bits per heavy atom. The summed E-state index contributed by atoms with van der Waals surface area (Å²) in [5, 5.41) is 2.81. The average molecular weight is 279 g/mol. The molecule has 1 amide bonds. The van der Waals surface area contributed by atoms with E-state index >= 15 is 0 Å². The van der Waals surface area contributed by atoms with Crippen LogP contribution in [-0.4, -0.2) is 32.2 Å². The van der Waals surface area contributed by atoms with Crippen LogP contribution in [0.3, 0.4) is 0 Å². The van der Waals surface area contributed by atoms with Crippen LogP contribution in [0, 0.1) is 0 Å². The summed E-state index contributed by atoms with van der Waals surface area (Å²) in [6.45, 7) is 3.15. The molecular weight excluding hydrogens is 258 g/mol. The quantitative estimate of drug-likeness (QED) is 0.585. The maximum Gasteiger partial charge on any atom is 0.310 e. The minimum atomic E-state index is -0.331. The van der Waals surface area contributed by atoms with Crippen LogP contribution in [0.2, 0.25) is 0 Å². The highest BCUT2D eigenvalue weighted by atomic mass is 16.5. The molecule has 20 heavy (non-hydrogen) atoms. The lowest BCUT2D eigenvalue weighted by molar-refractivity contribution is -0.139. The first-order chi connectivity index (χ1) is 9.67. The largest absolute Gasteiger partial charge is 0.469 e. The summed E-state index contributed by atoms with van der Waals surface area (Å²) >= 11 is 0. The van der Waals surface area contributed by atoms with E-state index in [2.05, 4.69) is 10.1 Å². The predicted molar refractivity (Wildman–Crippen MR) is 76.5 cm³/mol. The normalized spacial score (nSPS) is 10.1. The van der Waals surface area contributed by atoms with Gasteiger partial charge >= 0.3 is 5.97 Å². The number of hydrogen-bond donors (Lipinski definition) is 1. The molecule has 0 aromatic heterocycles. The molecule has 1 rings (SSSR count). The zero-order valence-electron chi connectivity index (χ0n) is 12.0. The van der Waals surface area contributed by atoms with Crippen LogP contribution in [-0.2, 0) is 25.5 Å². The van der Waals surface area contributed by atoms with Crippen LogP contribution in [0.4, 0.5) is 5.69 Å². The third-order valence-electron chi connectivity index (χ3n) is 2.75. The smallest absolute Gasteiger partial charge is 0.310 e. The fraction of sp³-hybridized carbons (Fsp3) is 0.467. The predicted octanol–water partition coefficient (Wildman–Crippen LogP) is 2.16. The van der Waals surface area contributed by atoms with Crippen molar-refractivity contribution in [1.82, 2.24) is 0 Å². The summed E-state index contributed by atoms with van der Waals surface area (Å²) in [6.07, 6.45) is 1.22. The van der Waals surface area contributed by atoms with Crippen molar-refractivity contribution in [3.8, 4) is 0 Å². The number of anilines is 1. The Labute approximate surface area is 119 Å². The number of para-hydroxylation sites is 1. The molecule has 0 fully saturated rings. The van der Waals surface area contributed by atoms with E-state index in [1.807, 2.05) is 19.1 Å². The fourth-order valence-corrected chi connectivity index (χ4v) is 1.72. The van der Waals surface area contributed by atoms with Gasteiger partial charge in [0.1, 0.15) is 0 Å². The molecule has 0 atom stereocenters. The highest BCUT2D eigenvalue weighted by Gasteiger charge is 2.10. The second-order valence-electron chi connectivity index (χ2n) is 4.26. The Bertz CT molecular complexity index is 445.